The second kappa shape index (κ2) is 8.62. The lowest BCUT2D eigenvalue weighted by atomic mass is 9.82. The summed E-state index contributed by atoms with van der Waals surface area (Å²) in [6.45, 7) is -1.63. The number of nitrogens with zero attached hydrogens (tertiary/aromatic N) is 2. The Labute approximate surface area is 196 Å². The molecule has 0 bridgehead atoms. The lowest BCUT2D eigenvalue weighted by molar-refractivity contribution is -0.310. The molecule has 0 spiro atoms. The molecule has 1 saturated carbocycles. The molecule has 3 atom stereocenters. The van der Waals surface area contributed by atoms with Crippen LogP contribution in [0.15, 0.2) is 15.4 Å². The Balaban J connectivity index is 1.85. The average molecular weight is 536 g/mol. The first-order valence-corrected chi connectivity index (χ1v) is 10.8. The number of fused-ring (bicyclic) bond motifs is 1. The van der Waals surface area contributed by atoms with E-state index in [2.05, 4.69) is 0 Å². The number of aromatic amines is 1. The van der Waals surface area contributed by atoms with E-state index in [9.17, 15) is 44.7 Å². The van der Waals surface area contributed by atoms with Gasteiger partial charge in [-0.05, 0) is 25.8 Å². The van der Waals surface area contributed by atoms with Gasteiger partial charge in [-0.2, -0.15) is 26.3 Å². The van der Waals surface area contributed by atoms with Gasteiger partial charge < -0.3 is 10.5 Å². The summed E-state index contributed by atoms with van der Waals surface area (Å²) in [5.74, 6) is -3.93. The molecule has 2 aliphatic carbocycles. The molecule has 16 heteroatoms. The first kappa shape index (κ1) is 26.7. The molecule has 0 amide bonds. The van der Waals surface area contributed by atoms with E-state index in [4.69, 9.17) is 10.5 Å². The van der Waals surface area contributed by atoms with Crippen LogP contribution in [0.5, 0.6) is 0 Å². The SMILES string of the molecule is COC1c2c(c(=O)[nH]c(=O)n2C2CC2)C(C(F)F)=C(F)C1N1CCC(C(N)(C(F)(F)F)C(F)(F)F)C1. The Bertz CT molecular complexity index is 1170. The molecule has 1 aliphatic heterocycles. The topological polar surface area (TPSA) is 93.3 Å². The molecule has 1 aromatic rings. The maximum atomic E-state index is 15.6. The van der Waals surface area contributed by atoms with Gasteiger partial charge >= 0.3 is 18.0 Å². The van der Waals surface area contributed by atoms with Crippen LogP contribution < -0.4 is 17.0 Å². The van der Waals surface area contributed by atoms with Gasteiger partial charge in [0.1, 0.15) is 11.9 Å². The van der Waals surface area contributed by atoms with Gasteiger partial charge in [-0.15, -0.1) is 0 Å². The Morgan fingerprint density at radius 2 is 1.64 bits per heavy atom. The minimum atomic E-state index is -5.91. The van der Waals surface area contributed by atoms with Crippen LogP contribution in [0.1, 0.15) is 42.7 Å². The summed E-state index contributed by atoms with van der Waals surface area (Å²) in [7, 11) is 0.997. The Kier molecular flexibility index (Phi) is 6.40. The van der Waals surface area contributed by atoms with Crippen molar-refractivity contribution in [3.63, 3.8) is 0 Å². The molecule has 202 valence electrons. The van der Waals surface area contributed by atoms with Gasteiger partial charge in [0.05, 0.1) is 22.9 Å². The Morgan fingerprint density at radius 1 is 1.06 bits per heavy atom. The smallest absolute Gasteiger partial charge is 0.373 e. The third-order valence-corrected chi connectivity index (χ3v) is 7.10. The van der Waals surface area contributed by atoms with Crippen LogP contribution in [0.2, 0.25) is 0 Å². The summed E-state index contributed by atoms with van der Waals surface area (Å²) in [5.41, 5.74) is -4.67. The summed E-state index contributed by atoms with van der Waals surface area (Å²) >= 11 is 0. The van der Waals surface area contributed by atoms with Crippen LogP contribution in [0.25, 0.3) is 5.57 Å². The molecule has 0 radical (unpaired) electrons. The normalized spacial score (nSPS) is 26.2. The van der Waals surface area contributed by atoms with E-state index in [1.807, 2.05) is 4.98 Å². The molecule has 1 aromatic heterocycles. The molecule has 4 rings (SSSR count). The van der Waals surface area contributed by atoms with Gasteiger partial charge in [0.2, 0.25) is 5.54 Å². The summed E-state index contributed by atoms with van der Waals surface area (Å²) in [6, 6.07) is -2.45. The number of hydrogen-bond acceptors (Lipinski definition) is 5. The first-order chi connectivity index (χ1) is 16.6. The number of halogens is 9. The summed E-state index contributed by atoms with van der Waals surface area (Å²) in [4.78, 5) is 27.7. The zero-order chi connectivity index (χ0) is 27.0. The zero-order valence-corrected chi connectivity index (χ0v) is 18.5. The molecule has 2 fully saturated rings. The predicted molar refractivity (Wildman–Crippen MR) is 106 cm³/mol. The van der Waals surface area contributed by atoms with Crippen molar-refractivity contribution in [1.82, 2.24) is 14.5 Å². The van der Waals surface area contributed by atoms with Crippen molar-refractivity contribution < 1.29 is 44.3 Å². The number of hydrogen-bond donors (Lipinski definition) is 2. The number of alkyl halides is 8. The number of H-pyrrole nitrogens is 1. The van der Waals surface area contributed by atoms with Gasteiger partial charge in [0.25, 0.3) is 12.0 Å². The van der Waals surface area contributed by atoms with Crippen molar-refractivity contribution in [1.29, 1.82) is 0 Å². The second-order valence-corrected chi connectivity index (χ2v) is 9.13. The van der Waals surface area contributed by atoms with Crippen molar-refractivity contribution in [3.05, 3.63) is 37.9 Å². The maximum absolute atomic E-state index is 15.6. The summed E-state index contributed by atoms with van der Waals surface area (Å²) in [6.07, 6.45) is -17.0. The van der Waals surface area contributed by atoms with Crippen molar-refractivity contribution in [2.75, 3.05) is 20.2 Å². The van der Waals surface area contributed by atoms with Crippen LogP contribution >= 0.6 is 0 Å². The van der Waals surface area contributed by atoms with E-state index in [-0.39, 0.29) is 0 Å². The Morgan fingerprint density at radius 3 is 2.11 bits per heavy atom. The van der Waals surface area contributed by atoms with Gasteiger partial charge in [0, 0.05) is 25.6 Å². The summed E-state index contributed by atoms with van der Waals surface area (Å²) in [5, 5.41) is 0. The number of nitrogens with two attached hydrogens (primary N) is 1. The highest BCUT2D eigenvalue weighted by molar-refractivity contribution is 5.74. The second-order valence-electron chi connectivity index (χ2n) is 9.13. The van der Waals surface area contributed by atoms with Crippen LogP contribution in [-0.4, -0.2) is 65.0 Å². The third kappa shape index (κ3) is 3.88. The monoisotopic (exact) mass is 536 g/mol. The van der Waals surface area contributed by atoms with Crippen molar-refractivity contribution in [3.8, 4) is 0 Å². The average Bonchev–Trinajstić information content (AvgIpc) is 3.46. The largest absolute Gasteiger partial charge is 0.415 e. The number of allylic oxidation sites excluding steroid dienone is 1. The van der Waals surface area contributed by atoms with Crippen molar-refractivity contribution in [2.24, 2.45) is 11.7 Å². The highest BCUT2D eigenvalue weighted by Gasteiger charge is 2.72. The minimum Gasteiger partial charge on any atom is -0.373 e. The first-order valence-electron chi connectivity index (χ1n) is 10.8. The molecule has 3 N–H and O–H groups in total. The molecule has 3 aliphatic rings. The molecule has 2 heterocycles. The number of methoxy groups -OCH3 is 1. The molecular formula is C20H21F9N4O3. The molecular weight excluding hydrogens is 515 g/mol. The maximum Gasteiger partial charge on any atom is 0.415 e. The van der Waals surface area contributed by atoms with E-state index in [1.54, 1.807) is 0 Å². The van der Waals surface area contributed by atoms with Crippen LogP contribution in [0.3, 0.4) is 0 Å². The van der Waals surface area contributed by atoms with E-state index in [0.717, 1.165) is 16.6 Å². The molecule has 7 nitrogen and oxygen atoms in total. The van der Waals surface area contributed by atoms with Gasteiger partial charge in [0.15, 0.2) is 0 Å². The van der Waals surface area contributed by atoms with E-state index in [0.29, 0.717) is 12.8 Å². The number of ether oxygens (including phenoxy) is 1. The standard InChI is InChI=1S/C20H21F9N4O3/c1-36-14-12-10(16(34)31-17(35)33(12)8-2-3-8)9(15(22)23)11(21)13(14)32-5-4-7(6-32)18(30,19(24,25)26)20(27,28)29/h7-8,13-15H,2-6,30H2,1H3,(H,31,34,35). The lowest BCUT2D eigenvalue weighted by Gasteiger charge is -2.41. The lowest BCUT2D eigenvalue weighted by Crippen LogP contribution is -2.68. The molecule has 1 saturated heterocycles. The predicted octanol–water partition coefficient (Wildman–Crippen LogP) is 3.03. The van der Waals surface area contributed by atoms with Gasteiger partial charge in [-0.25, -0.2) is 18.0 Å². The number of rotatable bonds is 5. The van der Waals surface area contributed by atoms with Gasteiger partial charge in [-0.3, -0.25) is 19.2 Å². The van der Waals surface area contributed by atoms with Crippen LogP contribution in [0.4, 0.5) is 39.5 Å². The van der Waals surface area contributed by atoms with Gasteiger partial charge in [-0.1, -0.05) is 0 Å². The Hall–Kier alpha value is -2.33. The number of aromatic nitrogens is 2. The fraction of sp³-hybridized carbons (Fsp3) is 0.700. The highest BCUT2D eigenvalue weighted by Crippen LogP contribution is 2.51. The minimum absolute atomic E-state index is 0.399. The molecule has 0 aromatic carbocycles. The van der Waals surface area contributed by atoms with E-state index < -0.39 is 102 Å². The zero-order valence-electron chi connectivity index (χ0n) is 18.5. The molecule has 3 unspecified atom stereocenters. The van der Waals surface area contributed by atoms with Crippen LogP contribution in [-0.2, 0) is 4.74 Å². The fourth-order valence-electron chi connectivity index (χ4n) is 5.20. The van der Waals surface area contributed by atoms with Crippen molar-refractivity contribution >= 4 is 5.57 Å². The van der Waals surface area contributed by atoms with E-state index in [1.165, 1.54) is 0 Å². The molecule has 36 heavy (non-hydrogen) atoms. The fourth-order valence-corrected chi connectivity index (χ4v) is 5.20. The van der Waals surface area contributed by atoms with Crippen molar-refractivity contribution in [2.45, 2.75) is 61.8 Å². The summed E-state index contributed by atoms with van der Waals surface area (Å²) < 4.78 is 131. The number of likely N-dealkylation sites (tertiary alicyclic amines) is 1. The van der Waals surface area contributed by atoms with Crippen LogP contribution in [0, 0.1) is 5.92 Å². The third-order valence-electron chi connectivity index (χ3n) is 7.10. The van der Waals surface area contributed by atoms with E-state index >= 15 is 4.39 Å². The quantitative estimate of drug-likeness (QED) is 0.565. The number of nitrogens with one attached hydrogen (secondary N) is 1. The highest BCUT2D eigenvalue weighted by atomic mass is 19.4.